The van der Waals surface area contributed by atoms with Gasteiger partial charge in [0.2, 0.25) is 0 Å². The van der Waals surface area contributed by atoms with Crippen molar-refractivity contribution in [1.82, 2.24) is 4.90 Å². The van der Waals surface area contributed by atoms with Crippen LogP contribution < -0.4 is 4.90 Å². The predicted molar refractivity (Wildman–Crippen MR) is 123 cm³/mol. The highest BCUT2D eigenvalue weighted by Crippen LogP contribution is 2.33. The van der Waals surface area contributed by atoms with Crippen molar-refractivity contribution >= 4 is 17.3 Å². The van der Waals surface area contributed by atoms with Gasteiger partial charge in [0.1, 0.15) is 0 Å². The Morgan fingerprint density at radius 2 is 1.68 bits per heavy atom. The molecular weight excluding hydrogens is 364 g/mol. The summed E-state index contributed by atoms with van der Waals surface area (Å²) in [5.74, 6) is 0.552. The van der Waals surface area contributed by atoms with Crippen LogP contribution in [-0.4, -0.2) is 36.6 Å². The maximum absolute atomic E-state index is 6.12. The third-order valence-electron chi connectivity index (χ3n) is 6.05. The largest absolute Gasteiger partial charge is 0.371 e. The normalized spacial score (nSPS) is 17.3. The molecule has 0 amide bonds. The third-order valence-corrected chi connectivity index (χ3v) is 6.30. The number of benzene rings is 2. The van der Waals surface area contributed by atoms with E-state index in [2.05, 4.69) is 73.9 Å². The number of halogens is 1. The van der Waals surface area contributed by atoms with Crippen LogP contribution in [0.25, 0.3) is 0 Å². The first-order valence-electron chi connectivity index (χ1n) is 10.8. The molecule has 1 aliphatic rings. The van der Waals surface area contributed by atoms with Gasteiger partial charge in [-0.3, -0.25) is 4.90 Å². The highest BCUT2D eigenvalue weighted by molar-refractivity contribution is 6.30. The third kappa shape index (κ3) is 5.30. The fourth-order valence-corrected chi connectivity index (χ4v) is 4.72. The van der Waals surface area contributed by atoms with Crippen LogP contribution in [0.5, 0.6) is 0 Å². The molecular formula is C25H35ClN2. The average Bonchev–Trinajstić information content (AvgIpc) is 2.85. The fourth-order valence-electron chi connectivity index (χ4n) is 4.59. The van der Waals surface area contributed by atoms with Gasteiger partial charge in [-0.05, 0) is 76.3 Å². The van der Waals surface area contributed by atoms with Gasteiger partial charge < -0.3 is 4.90 Å². The first-order chi connectivity index (χ1) is 13.5. The molecule has 28 heavy (non-hydrogen) atoms. The number of fused-ring (bicyclic) bond motifs is 1. The van der Waals surface area contributed by atoms with E-state index in [1.54, 1.807) is 0 Å². The molecule has 0 fully saturated rings. The second kappa shape index (κ2) is 9.80. The van der Waals surface area contributed by atoms with E-state index in [1.807, 2.05) is 12.1 Å². The molecule has 1 atom stereocenters. The van der Waals surface area contributed by atoms with Crippen LogP contribution in [-0.2, 0) is 6.42 Å². The summed E-state index contributed by atoms with van der Waals surface area (Å²) in [4.78, 5) is 5.22. The van der Waals surface area contributed by atoms with Crippen molar-refractivity contribution in [2.75, 3.05) is 24.5 Å². The van der Waals surface area contributed by atoms with Crippen molar-refractivity contribution in [3.63, 3.8) is 0 Å². The molecule has 1 heterocycles. The second-order valence-corrected chi connectivity index (χ2v) is 9.08. The van der Waals surface area contributed by atoms with Gasteiger partial charge in [-0.15, -0.1) is 0 Å². The van der Waals surface area contributed by atoms with E-state index >= 15 is 0 Å². The first-order valence-corrected chi connectivity index (χ1v) is 11.2. The molecule has 1 unspecified atom stereocenters. The number of anilines is 1. The molecule has 2 aromatic rings. The molecule has 0 spiro atoms. The lowest BCUT2D eigenvalue weighted by Gasteiger charge is -2.33. The zero-order valence-electron chi connectivity index (χ0n) is 17.9. The van der Waals surface area contributed by atoms with Crippen LogP contribution >= 0.6 is 11.6 Å². The zero-order chi connectivity index (χ0) is 20.1. The summed E-state index contributed by atoms with van der Waals surface area (Å²) in [5, 5.41) is 0.819. The number of hydrogen-bond donors (Lipinski definition) is 0. The van der Waals surface area contributed by atoms with Crippen LogP contribution in [0, 0.1) is 0 Å². The maximum atomic E-state index is 6.12. The van der Waals surface area contributed by atoms with Crippen molar-refractivity contribution in [2.45, 2.75) is 65.0 Å². The number of hydrogen-bond acceptors (Lipinski definition) is 2. The monoisotopic (exact) mass is 398 g/mol. The molecule has 0 aliphatic carbocycles. The standard InChI is InChI=1S/C25H35ClN2/c1-19(2)28(20(3)4)17-7-16-27-18-23(21-12-14-24(26)15-13-21)11-10-22-8-5-6-9-25(22)27/h5-6,8-9,12-15,19-20,23H,7,10-11,16-18H2,1-4H3. The van der Waals surface area contributed by atoms with Crippen LogP contribution in [0.2, 0.25) is 5.02 Å². The quantitative estimate of drug-likeness (QED) is 0.533. The Kier molecular flexibility index (Phi) is 7.42. The van der Waals surface area contributed by atoms with E-state index in [0.717, 1.165) is 31.1 Å². The van der Waals surface area contributed by atoms with Gasteiger partial charge in [-0.25, -0.2) is 0 Å². The topological polar surface area (TPSA) is 6.48 Å². The van der Waals surface area contributed by atoms with E-state index in [-0.39, 0.29) is 0 Å². The fraction of sp³-hybridized carbons (Fsp3) is 0.520. The van der Waals surface area contributed by atoms with Gasteiger partial charge in [0.05, 0.1) is 0 Å². The summed E-state index contributed by atoms with van der Waals surface area (Å²) < 4.78 is 0. The SMILES string of the molecule is CC(C)N(CCCN1CC(c2ccc(Cl)cc2)CCc2ccccc21)C(C)C. The zero-order valence-corrected chi connectivity index (χ0v) is 18.6. The molecule has 0 saturated heterocycles. The van der Waals surface area contributed by atoms with Gasteiger partial charge >= 0.3 is 0 Å². The van der Waals surface area contributed by atoms with Gasteiger partial charge in [-0.1, -0.05) is 41.9 Å². The highest BCUT2D eigenvalue weighted by Gasteiger charge is 2.23. The predicted octanol–water partition coefficient (Wildman–Crippen LogP) is 6.39. The maximum Gasteiger partial charge on any atom is 0.0406 e. The lowest BCUT2D eigenvalue weighted by molar-refractivity contribution is 0.173. The minimum Gasteiger partial charge on any atom is -0.371 e. The summed E-state index contributed by atoms with van der Waals surface area (Å²) >= 11 is 6.12. The molecule has 2 aromatic carbocycles. The molecule has 152 valence electrons. The first kappa shape index (κ1) is 21.2. The van der Waals surface area contributed by atoms with E-state index in [9.17, 15) is 0 Å². The second-order valence-electron chi connectivity index (χ2n) is 8.64. The minimum atomic E-state index is 0.552. The average molecular weight is 399 g/mol. The summed E-state index contributed by atoms with van der Waals surface area (Å²) in [7, 11) is 0. The van der Waals surface area contributed by atoms with Crippen molar-refractivity contribution < 1.29 is 0 Å². The van der Waals surface area contributed by atoms with Crippen molar-refractivity contribution in [1.29, 1.82) is 0 Å². The van der Waals surface area contributed by atoms with Crippen LogP contribution in [0.4, 0.5) is 5.69 Å². The Hall–Kier alpha value is -1.51. The minimum absolute atomic E-state index is 0.552. The molecule has 0 bridgehead atoms. The number of aryl methyl sites for hydroxylation is 1. The molecule has 2 nitrogen and oxygen atoms in total. The Bertz CT molecular complexity index is 730. The summed E-state index contributed by atoms with van der Waals surface area (Å²) in [6.45, 7) is 12.6. The van der Waals surface area contributed by atoms with Crippen molar-refractivity contribution in [2.24, 2.45) is 0 Å². The lowest BCUT2D eigenvalue weighted by atomic mass is 9.93. The molecule has 3 rings (SSSR count). The summed E-state index contributed by atoms with van der Waals surface area (Å²) in [6.07, 6.45) is 3.53. The van der Waals surface area contributed by atoms with Gasteiger partial charge in [0.25, 0.3) is 0 Å². The van der Waals surface area contributed by atoms with Crippen LogP contribution in [0.3, 0.4) is 0 Å². The molecule has 0 radical (unpaired) electrons. The summed E-state index contributed by atoms with van der Waals surface area (Å²) in [5.41, 5.74) is 4.33. The van der Waals surface area contributed by atoms with Crippen LogP contribution in [0.15, 0.2) is 48.5 Å². The van der Waals surface area contributed by atoms with E-state index in [4.69, 9.17) is 11.6 Å². The number of para-hydroxylation sites is 1. The van der Waals surface area contributed by atoms with E-state index in [0.29, 0.717) is 18.0 Å². The van der Waals surface area contributed by atoms with Crippen molar-refractivity contribution in [3.05, 3.63) is 64.7 Å². The molecule has 1 aliphatic heterocycles. The molecule has 0 aromatic heterocycles. The van der Waals surface area contributed by atoms with Gasteiger partial charge in [0, 0.05) is 48.3 Å². The summed E-state index contributed by atoms with van der Waals surface area (Å²) in [6, 6.07) is 18.6. The smallest absolute Gasteiger partial charge is 0.0406 e. The van der Waals surface area contributed by atoms with Gasteiger partial charge in [-0.2, -0.15) is 0 Å². The van der Waals surface area contributed by atoms with Gasteiger partial charge in [0.15, 0.2) is 0 Å². The highest BCUT2D eigenvalue weighted by atomic mass is 35.5. The Labute approximate surface area is 176 Å². The van der Waals surface area contributed by atoms with E-state index < -0.39 is 0 Å². The Balaban J connectivity index is 1.74. The van der Waals surface area contributed by atoms with Crippen LogP contribution in [0.1, 0.15) is 57.6 Å². The Morgan fingerprint density at radius 3 is 2.36 bits per heavy atom. The van der Waals surface area contributed by atoms with E-state index in [1.165, 1.54) is 29.7 Å². The Morgan fingerprint density at radius 1 is 1.00 bits per heavy atom. The molecule has 0 N–H and O–H groups in total. The number of rotatable bonds is 7. The van der Waals surface area contributed by atoms with Crippen molar-refractivity contribution in [3.8, 4) is 0 Å². The molecule has 3 heteroatoms. The number of nitrogens with zero attached hydrogens (tertiary/aromatic N) is 2. The lowest BCUT2D eigenvalue weighted by Crippen LogP contribution is -2.39. The molecule has 0 saturated carbocycles.